The minimum Gasteiger partial charge on any atom is -0.378 e. The summed E-state index contributed by atoms with van der Waals surface area (Å²) in [6.07, 6.45) is 0. The quantitative estimate of drug-likeness (QED) is 0.845. The molecule has 1 saturated heterocycles. The fourth-order valence-electron chi connectivity index (χ4n) is 2.10. The van der Waals surface area contributed by atoms with Gasteiger partial charge in [-0.15, -0.1) is 11.3 Å². The molecule has 0 aliphatic carbocycles. The zero-order valence-electron chi connectivity index (χ0n) is 12.4. The van der Waals surface area contributed by atoms with Crippen LogP contribution < -0.4 is 5.32 Å². The van der Waals surface area contributed by atoms with Gasteiger partial charge < -0.3 is 15.0 Å². The predicted octanol–water partition coefficient (Wildman–Crippen LogP) is 0.349. The number of hydrogen-bond donors (Lipinski definition) is 1. The molecule has 1 N–H and O–H groups in total. The molecule has 1 aliphatic heterocycles. The zero-order chi connectivity index (χ0) is 15.9. The highest BCUT2D eigenvalue weighted by Crippen LogP contribution is 2.21. The van der Waals surface area contributed by atoms with Crippen LogP contribution in [-0.4, -0.2) is 68.1 Å². The van der Waals surface area contributed by atoms with E-state index in [1.54, 1.807) is 28.3 Å². The number of carbonyl (C=O) groups excluding carboxylic acids is 2. The Hall–Kier alpha value is -1.95. The lowest BCUT2D eigenvalue weighted by Gasteiger charge is -2.28. The van der Waals surface area contributed by atoms with Crippen LogP contribution in [0.5, 0.6) is 0 Å². The highest BCUT2D eigenvalue weighted by molar-refractivity contribution is 7.14. The molecule has 1 aromatic rings. The van der Waals surface area contributed by atoms with Gasteiger partial charge in [-0.1, -0.05) is 0 Å². The fourth-order valence-corrected chi connectivity index (χ4v) is 2.86. The second kappa shape index (κ2) is 7.89. The van der Waals surface area contributed by atoms with E-state index in [9.17, 15) is 9.59 Å². The van der Waals surface area contributed by atoms with Crippen LogP contribution in [0.4, 0.5) is 5.00 Å². The molecule has 0 unspecified atom stereocenters. The molecule has 1 aromatic heterocycles. The minimum absolute atomic E-state index is 0.00700. The molecule has 0 radical (unpaired) electrons. The van der Waals surface area contributed by atoms with Crippen molar-refractivity contribution < 1.29 is 14.3 Å². The van der Waals surface area contributed by atoms with Crippen molar-refractivity contribution in [2.75, 3.05) is 51.8 Å². The van der Waals surface area contributed by atoms with E-state index in [1.807, 2.05) is 6.07 Å². The Bertz CT molecular complexity index is 575. The summed E-state index contributed by atoms with van der Waals surface area (Å²) in [5.41, 5.74) is 0.449. The Balaban J connectivity index is 1.78. The number of anilines is 1. The van der Waals surface area contributed by atoms with Gasteiger partial charge in [0.1, 0.15) is 11.1 Å². The molecular formula is C14H18N4O3S. The van der Waals surface area contributed by atoms with Crippen LogP contribution in [0.25, 0.3) is 0 Å². The number of nitrogens with zero attached hydrogens (tertiary/aromatic N) is 3. The summed E-state index contributed by atoms with van der Waals surface area (Å²) in [7, 11) is 1.72. The van der Waals surface area contributed by atoms with E-state index in [0.717, 1.165) is 0 Å². The van der Waals surface area contributed by atoms with Crippen molar-refractivity contribution in [3.05, 3.63) is 17.0 Å². The molecular weight excluding hydrogens is 304 g/mol. The average molecular weight is 322 g/mol. The van der Waals surface area contributed by atoms with Gasteiger partial charge in [-0.3, -0.25) is 14.5 Å². The van der Waals surface area contributed by atoms with Gasteiger partial charge in [0, 0.05) is 13.1 Å². The number of likely N-dealkylation sites (N-methyl/N-ethyl adjacent to an activating group) is 1. The van der Waals surface area contributed by atoms with Crippen molar-refractivity contribution in [1.82, 2.24) is 9.80 Å². The van der Waals surface area contributed by atoms with Crippen molar-refractivity contribution in [3.8, 4) is 6.07 Å². The maximum Gasteiger partial charge on any atom is 0.239 e. The van der Waals surface area contributed by atoms with Crippen molar-refractivity contribution in [2.45, 2.75) is 0 Å². The minimum atomic E-state index is -0.240. The molecule has 2 heterocycles. The fraction of sp³-hybridized carbons (Fsp3) is 0.500. The number of thiophene rings is 1. The highest BCUT2D eigenvalue weighted by atomic mass is 32.1. The lowest BCUT2D eigenvalue weighted by atomic mass is 10.3. The second-order valence-electron chi connectivity index (χ2n) is 4.99. The third-order valence-electron chi connectivity index (χ3n) is 3.22. The Kier molecular flexibility index (Phi) is 5.89. The summed E-state index contributed by atoms with van der Waals surface area (Å²) >= 11 is 1.30. The van der Waals surface area contributed by atoms with Crippen LogP contribution in [0.2, 0.25) is 0 Å². The highest BCUT2D eigenvalue weighted by Gasteiger charge is 2.19. The number of nitriles is 1. The Morgan fingerprint density at radius 3 is 2.86 bits per heavy atom. The van der Waals surface area contributed by atoms with E-state index in [-0.39, 0.29) is 24.9 Å². The van der Waals surface area contributed by atoms with Crippen LogP contribution in [0.1, 0.15) is 5.56 Å². The molecule has 2 rings (SSSR count). The van der Waals surface area contributed by atoms with E-state index in [4.69, 9.17) is 10.00 Å². The van der Waals surface area contributed by atoms with E-state index in [2.05, 4.69) is 5.32 Å². The van der Waals surface area contributed by atoms with Gasteiger partial charge in [0.2, 0.25) is 11.8 Å². The van der Waals surface area contributed by atoms with Gasteiger partial charge in [0.25, 0.3) is 0 Å². The van der Waals surface area contributed by atoms with Crippen molar-refractivity contribution >= 4 is 28.2 Å². The summed E-state index contributed by atoms with van der Waals surface area (Å²) in [5.74, 6) is -0.247. The zero-order valence-corrected chi connectivity index (χ0v) is 13.2. The first-order chi connectivity index (χ1) is 10.6. The Morgan fingerprint density at radius 2 is 2.18 bits per heavy atom. The van der Waals surface area contributed by atoms with Crippen molar-refractivity contribution in [2.24, 2.45) is 0 Å². The molecule has 1 fully saturated rings. The third kappa shape index (κ3) is 4.53. The van der Waals surface area contributed by atoms with E-state index in [1.165, 1.54) is 11.3 Å². The van der Waals surface area contributed by atoms with E-state index >= 15 is 0 Å². The molecule has 0 bridgehead atoms. The lowest BCUT2D eigenvalue weighted by Crippen LogP contribution is -2.46. The standard InChI is InChI=1S/C14H18N4O3S/c1-17(10-13(20)18-3-5-21-6-4-18)9-12(19)16-14-11(8-15)2-7-22-14/h2,7H,3-6,9-10H2,1H3,(H,16,19). The summed E-state index contributed by atoms with van der Waals surface area (Å²) in [4.78, 5) is 27.4. The topological polar surface area (TPSA) is 85.7 Å². The Labute approximate surface area is 133 Å². The van der Waals surface area contributed by atoms with Crippen LogP contribution in [0.3, 0.4) is 0 Å². The maximum absolute atomic E-state index is 12.1. The van der Waals surface area contributed by atoms with Gasteiger partial charge in [0.15, 0.2) is 0 Å². The van der Waals surface area contributed by atoms with Crippen molar-refractivity contribution in [1.29, 1.82) is 5.26 Å². The molecule has 2 amide bonds. The summed E-state index contributed by atoms with van der Waals surface area (Å²) in [6, 6.07) is 3.68. The Morgan fingerprint density at radius 1 is 1.45 bits per heavy atom. The second-order valence-corrected chi connectivity index (χ2v) is 5.90. The average Bonchev–Trinajstić information content (AvgIpc) is 2.94. The smallest absolute Gasteiger partial charge is 0.239 e. The molecule has 0 atom stereocenters. The summed E-state index contributed by atoms with van der Waals surface area (Å²) in [6.45, 7) is 2.59. The maximum atomic E-state index is 12.1. The molecule has 0 saturated carbocycles. The predicted molar refractivity (Wildman–Crippen MR) is 82.6 cm³/mol. The van der Waals surface area contributed by atoms with Gasteiger partial charge in [0.05, 0.1) is 31.9 Å². The first-order valence-corrected chi connectivity index (χ1v) is 7.79. The molecule has 118 valence electrons. The normalized spacial score (nSPS) is 14.7. The van der Waals surface area contributed by atoms with Gasteiger partial charge in [-0.25, -0.2) is 0 Å². The van der Waals surface area contributed by atoms with E-state index in [0.29, 0.717) is 36.9 Å². The molecule has 1 aliphatic rings. The van der Waals surface area contributed by atoms with Crippen molar-refractivity contribution in [3.63, 3.8) is 0 Å². The SMILES string of the molecule is CN(CC(=O)Nc1sccc1C#N)CC(=O)N1CCOCC1. The number of amides is 2. The number of morpholine rings is 1. The van der Waals surface area contributed by atoms with Crippen LogP contribution >= 0.6 is 11.3 Å². The number of carbonyl (C=O) groups is 2. The summed E-state index contributed by atoms with van der Waals surface area (Å²) < 4.78 is 5.20. The number of nitrogens with one attached hydrogen (secondary N) is 1. The number of rotatable bonds is 5. The lowest BCUT2D eigenvalue weighted by molar-refractivity contribution is -0.136. The number of hydrogen-bond acceptors (Lipinski definition) is 6. The molecule has 8 heteroatoms. The first-order valence-electron chi connectivity index (χ1n) is 6.91. The number of ether oxygens (including phenoxy) is 1. The van der Waals surface area contributed by atoms with Crippen LogP contribution in [0, 0.1) is 11.3 Å². The monoisotopic (exact) mass is 322 g/mol. The molecule has 22 heavy (non-hydrogen) atoms. The van der Waals surface area contributed by atoms with Gasteiger partial charge in [-0.2, -0.15) is 5.26 Å². The van der Waals surface area contributed by atoms with Crippen LogP contribution in [-0.2, 0) is 14.3 Å². The largest absolute Gasteiger partial charge is 0.378 e. The third-order valence-corrected chi connectivity index (χ3v) is 4.05. The molecule has 0 aromatic carbocycles. The van der Waals surface area contributed by atoms with E-state index < -0.39 is 0 Å². The van der Waals surface area contributed by atoms with Crippen LogP contribution in [0.15, 0.2) is 11.4 Å². The van der Waals surface area contributed by atoms with Gasteiger partial charge >= 0.3 is 0 Å². The summed E-state index contributed by atoms with van der Waals surface area (Å²) in [5, 5.41) is 13.9. The van der Waals surface area contributed by atoms with Gasteiger partial charge in [-0.05, 0) is 18.5 Å². The molecule has 0 spiro atoms. The molecule has 7 nitrogen and oxygen atoms in total. The first kappa shape index (κ1) is 16.4.